The van der Waals surface area contributed by atoms with Crippen molar-refractivity contribution in [3.05, 3.63) is 78.4 Å². The molecule has 1 atom stereocenters. The Morgan fingerprint density at radius 1 is 1.00 bits per heavy atom. The van der Waals surface area contributed by atoms with Gasteiger partial charge in [-0.1, -0.05) is 29.8 Å². The van der Waals surface area contributed by atoms with Crippen molar-refractivity contribution in [1.82, 2.24) is 9.55 Å². The Kier molecular flexibility index (Phi) is 3.73. The molecule has 1 N–H and O–H groups in total. The summed E-state index contributed by atoms with van der Waals surface area (Å²) >= 11 is 0. The van der Waals surface area contributed by atoms with E-state index in [1.807, 2.05) is 17.1 Å². The highest BCUT2D eigenvalue weighted by Crippen LogP contribution is 2.20. The molecule has 0 aliphatic rings. The number of aromatic nitrogens is 2. The zero-order valence-electron chi connectivity index (χ0n) is 12.3. The fraction of sp³-hybridized carbons (Fsp3) is 0.167. The fourth-order valence-electron chi connectivity index (χ4n) is 2.33. The van der Waals surface area contributed by atoms with Gasteiger partial charge in [0.05, 0.1) is 6.33 Å². The predicted octanol–water partition coefficient (Wildman–Crippen LogP) is 4.35. The second kappa shape index (κ2) is 5.83. The summed E-state index contributed by atoms with van der Waals surface area (Å²) in [6, 6.07) is 17.3. The quantitative estimate of drug-likeness (QED) is 0.768. The van der Waals surface area contributed by atoms with Crippen molar-refractivity contribution in [3.63, 3.8) is 0 Å². The van der Waals surface area contributed by atoms with Crippen LogP contribution in [0.4, 0.5) is 5.69 Å². The van der Waals surface area contributed by atoms with Gasteiger partial charge in [-0.2, -0.15) is 0 Å². The molecule has 1 aromatic heterocycles. The summed E-state index contributed by atoms with van der Waals surface area (Å²) < 4.78 is 2.00. The minimum Gasteiger partial charge on any atom is -0.379 e. The molecule has 3 aromatic rings. The summed E-state index contributed by atoms with van der Waals surface area (Å²) in [5, 5.41) is 3.52. The van der Waals surface area contributed by atoms with Crippen molar-refractivity contribution in [2.75, 3.05) is 5.32 Å². The largest absolute Gasteiger partial charge is 0.379 e. The van der Waals surface area contributed by atoms with Gasteiger partial charge in [0.2, 0.25) is 0 Å². The number of aryl methyl sites for hydroxylation is 1. The van der Waals surface area contributed by atoms with E-state index in [1.54, 1.807) is 6.20 Å². The third-order valence-electron chi connectivity index (χ3n) is 3.63. The number of benzene rings is 2. The van der Waals surface area contributed by atoms with E-state index in [2.05, 4.69) is 72.7 Å². The van der Waals surface area contributed by atoms with Crippen LogP contribution < -0.4 is 5.32 Å². The number of nitrogens with one attached hydrogen (secondary N) is 1. The van der Waals surface area contributed by atoms with Gasteiger partial charge in [-0.15, -0.1) is 0 Å². The highest BCUT2D eigenvalue weighted by Gasteiger charge is 2.05. The van der Waals surface area contributed by atoms with Gasteiger partial charge in [-0.25, -0.2) is 4.98 Å². The number of nitrogens with zero attached hydrogens (tertiary/aromatic N) is 2. The summed E-state index contributed by atoms with van der Waals surface area (Å²) in [5.74, 6) is 0. The van der Waals surface area contributed by atoms with Crippen molar-refractivity contribution >= 4 is 5.69 Å². The Morgan fingerprint density at radius 3 is 2.33 bits per heavy atom. The standard InChI is InChI=1S/C18H19N3/c1-14-3-7-17(8-4-14)20-15(2)16-5-9-18(10-6-16)21-12-11-19-13-21/h3-13,15,20H,1-2H3. The molecular formula is C18H19N3. The summed E-state index contributed by atoms with van der Waals surface area (Å²) in [7, 11) is 0. The van der Waals surface area contributed by atoms with Crippen LogP contribution in [0.5, 0.6) is 0 Å². The van der Waals surface area contributed by atoms with Gasteiger partial charge in [0.25, 0.3) is 0 Å². The van der Waals surface area contributed by atoms with E-state index in [4.69, 9.17) is 0 Å². The molecule has 21 heavy (non-hydrogen) atoms. The summed E-state index contributed by atoms with van der Waals surface area (Å²) in [6.45, 7) is 4.27. The number of rotatable bonds is 4. The smallest absolute Gasteiger partial charge is 0.0991 e. The zero-order valence-corrected chi connectivity index (χ0v) is 12.3. The molecular weight excluding hydrogens is 258 g/mol. The Hall–Kier alpha value is -2.55. The van der Waals surface area contributed by atoms with Crippen LogP contribution in [0.1, 0.15) is 24.1 Å². The molecule has 0 aliphatic heterocycles. The Morgan fingerprint density at radius 2 is 1.71 bits per heavy atom. The molecule has 0 amide bonds. The molecule has 0 spiro atoms. The second-order valence-corrected chi connectivity index (χ2v) is 5.29. The first-order valence-electron chi connectivity index (χ1n) is 7.14. The molecule has 106 valence electrons. The second-order valence-electron chi connectivity index (χ2n) is 5.29. The van der Waals surface area contributed by atoms with Crippen LogP contribution >= 0.6 is 0 Å². The van der Waals surface area contributed by atoms with Gasteiger partial charge in [-0.05, 0) is 43.7 Å². The summed E-state index contributed by atoms with van der Waals surface area (Å²) in [4.78, 5) is 4.07. The molecule has 3 rings (SSSR count). The van der Waals surface area contributed by atoms with Crippen LogP contribution in [-0.2, 0) is 0 Å². The van der Waals surface area contributed by atoms with Gasteiger partial charge in [-0.3, -0.25) is 0 Å². The Labute approximate surface area is 125 Å². The van der Waals surface area contributed by atoms with Gasteiger partial charge in [0, 0.05) is 29.8 Å². The average molecular weight is 277 g/mol. The normalized spacial score (nSPS) is 12.1. The van der Waals surface area contributed by atoms with Crippen LogP contribution in [0.15, 0.2) is 67.3 Å². The number of anilines is 1. The molecule has 0 fully saturated rings. The highest BCUT2D eigenvalue weighted by atomic mass is 15.0. The maximum Gasteiger partial charge on any atom is 0.0991 e. The van der Waals surface area contributed by atoms with Gasteiger partial charge < -0.3 is 9.88 Å². The van der Waals surface area contributed by atoms with Crippen LogP contribution in [0, 0.1) is 6.92 Å². The first kappa shape index (κ1) is 13.4. The maximum absolute atomic E-state index is 4.07. The van der Waals surface area contributed by atoms with Crippen molar-refractivity contribution in [3.8, 4) is 5.69 Å². The van der Waals surface area contributed by atoms with Gasteiger partial charge in [0.1, 0.15) is 0 Å². The molecule has 0 aliphatic carbocycles. The number of hydrogen-bond acceptors (Lipinski definition) is 2. The van der Waals surface area contributed by atoms with E-state index in [9.17, 15) is 0 Å². The number of hydrogen-bond donors (Lipinski definition) is 1. The van der Waals surface area contributed by atoms with Crippen molar-refractivity contribution in [2.45, 2.75) is 19.9 Å². The minimum atomic E-state index is 0.268. The first-order valence-corrected chi connectivity index (χ1v) is 7.14. The SMILES string of the molecule is Cc1ccc(NC(C)c2ccc(-n3ccnc3)cc2)cc1. The lowest BCUT2D eigenvalue weighted by Crippen LogP contribution is -2.06. The Balaban J connectivity index is 1.73. The molecule has 0 radical (unpaired) electrons. The van der Waals surface area contributed by atoms with E-state index in [-0.39, 0.29) is 6.04 Å². The first-order chi connectivity index (χ1) is 10.2. The van der Waals surface area contributed by atoms with Gasteiger partial charge in [0.15, 0.2) is 0 Å². The Bertz CT molecular complexity index is 682. The molecule has 0 bridgehead atoms. The molecule has 3 nitrogen and oxygen atoms in total. The van der Waals surface area contributed by atoms with E-state index < -0.39 is 0 Å². The lowest BCUT2D eigenvalue weighted by atomic mass is 10.1. The third-order valence-corrected chi connectivity index (χ3v) is 3.63. The number of imidazole rings is 1. The topological polar surface area (TPSA) is 29.9 Å². The lowest BCUT2D eigenvalue weighted by molar-refractivity contribution is 0.882. The van der Waals surface area contributed by atoms with E-state index in [1.165, 1.54) is 11.1 Å². The molecule has 0 saturated heterocycles. The van der Waals surface area contributed by atoms with E-state index >= 15 is 0 Å². The molecule has 3 heteroatoms. The van der Waals surface area contributed by atoms with Crippen LogP contribution in [0.2, 0.25) is 0 Å². The minimum absolute atomic E-state index is 0.268. The molecule has 2 aromatic carbocycles. The lowest BCUT2D eigenvalue weighted by Gasteiger charge is -2.16. The summed E-state index contributed by atoms with van der Waals surface area (Å²) in [6.07, 6.45) is 5.54. The average Bonchev–Trinajstić information content (AvgIpc) is 3.04. The van der Waals surface area contributed by atoms with Crippen molar-refractivity contribution in [2.24, 2.45) is 0 Å². The highest BCUT2D eigenvalue weighted by molar-refractivity contribution is 5.47. The molecule has 1 unspecified atom stereocenters. The van der Waals surface area contributed by atoms with Crippen LogP contribution in [0.3, 0.4) is 0 Å². The van der Waals surface area contributed by atoms with E-state index in [0.717, 1.165) is 11.4 Å². The monoisotopic (exact) mass is 277 g/mol. The van der Waals surface area contributed by atoms with Crippen molar-refractivity contribution < 1.29 is 0 Å². The molecule has 1 heterocycles. The van der Waals surface area contributed by atoms with Crippen LogP contribution in [-0.4, -0.2) is 9.55 Å². The molecule has 0 saturated carbocycles. The predicted molar refractivity (Wildman–Crippen MR) is 86.8 cm³/mol. The summed E-state index contributed by atoms with van der Waals surface area (Å²) in [5.41, 5.74) is 4.81. The zero-order chi connectivity index (χ0) is 14.7. The maximum atomic E-state index is 4.07. The van der Waals surface area contributed by atoms with Crippen LogP contribution in [0.25, 0.3) is 5.69 Å². The third kappa shape index (κ3) is 3.14. The fourth-order valence-corrected chi connectivity index (χ4v) is 2.33. The van der Waals surface area contributed by atoms with Crippen molar-refractivity contribution in [1.29, 1.82) is 0 Å². The van der Waals surface area contributed by atoms with Gasteiger partial charge >= 0.3 is 0 Å². The van der Waals surface area contributed by atoms with E-state index in [0.29, 0.717) is 0 Å².